The van der Waals surface area contributed by atoms with Gasteiger partial charge in [-0.05, 0) is 26.8 Å². The highest BCUT2D eigenvalue weighted by atomic mass is 16.1. The molecule has 0 fully saturated rings. The van der Waals surface area contributed by atoms with E-state index in [1.54, 1.807) is 16.2 Å². The highest BCUT2D eigenvalue weighted by Gasteiger charge is 2.08. The first-order chi connectivity index (χ1) is 6.09. The van der Waals surface area contributed by atoms with Gasteiger partial charge in [0.15, 0.2) is 0 Å². The van der Waals surface area contributed by atoms with Gasteiger partial charge in [0, 0.05) is 25.0 Å². The Morgan fingerprint density at radius 2 is 1.92 bits per heavy atom. The lowest BCUT2D eigenvalue weighted by atomic mass is 10.3. The van der Waals surface area contributed by atoms with Crippen LogP contribution in [0.2, 0.25) is 0 Å². The molecule has 4 nitrogen and oxygen atoms in total. The van der Waals surface area contributed by atoms with Gasteiger partial charge in [0.05, 0.1) is 0 Å². The van der Waals surface area contributed by atoms with Crippen molar-refractivity contribution in [1.82, 2.24) is 9.13 Å². The summed E-state index contributed by atoms with van der Waals surface area (Å²) in [7, 11) is 1.80. The van der Waals surface area contributed by atoms with Crippen LogP contribution in [0.3, 0.4) is 0 Å². The zero-order valence-electron chi connectivity index (χ0n) is 8.50. The molecule has 2 N–H and O–H groups in total. The lowest BCUT2D eigenvalue weighted by molar-refractivity contribution is 0.605. The van der Waals surface area contributed by atoms with Crippen LogP contribution in [0.4, 0.5) is 0 Å². The van der Waals surface area contributed by atoms with Crippen molar-refractivity contribution in [3.8, 4) is 0 Å². The first-order valence-electron chi connectivity index (χ1n) is 4.52. The van der Waals surface area contributed by atoms with Crippen LogP contribution in [0.15, 0.2) is 4.79 Å². The van der Waals surface area contributed by atoms with Gasteiger partial charge < -0.3 is 5.73 Å². The summed E-state index contributed by atoms with van der Waals surface area (Å²) in [5, 5.41) is 0. The molecule has 1 rings (SSSR count). The van der Waals surface area contributed by atoms with Crippen molar-refractivity contribution in [2.75, 3.05) is 6.54 Å². The molecule has 1 aromatic rings. The quantitative estimate of drug-likeness (QED) is 0.725. The Bertz CT molecular complexity index is 348. The zero-order chi connectivity index (χ0) is 10.0. The van der Waals surface area contributed by atoms with Crippen molar-refractivity contribution < 1.29 is 0 Å². The molecular formula is C9H17N3O. The van der Waals surface area contributed by atoms with Crippen molar-refractivity contribution in [3.63, 3.8) is 0 Å². The third kappa shape index (κ3) is 1.67. The number of rotatable bonds is 3. The number of imidazole rings is 1. The number of hydrogen-bond donors (Lipinski definition) is 1. The van der Waals surface area contributed by atoms with E-state index >= 15 is 0 Å². The number of nitrogens with two attached hydrogens (primary N) is 1. The van der Waals surface area contributed by atoms with E-state index < -0.39 is 0 Å². The summed E-state index contributed by atoms with van der Waals surface area (Å²) < 4.78 is 3.45. The molecule has 74 valence electrons. The molecule has 4 heteroatoms. The molecule has 0 aliphatic rings. The molecular weight excluding hydrogens is 166 g/mol. The minimum Gasteiger partial charge on any atom is -0.330 e. The fourth-order valence-electron chi connectivity index (χ4n) is 1.42. The third-order valence-electron chi connectivity index (χ3n) is 2.54. The first-order valence-corrected chi connectivity index (χ1v) is 4.52. The molecule has 0 atom stereocenters. The smallest absolute Gasteiger partial charge is 0.328 e. The van der Waals surface area contributed by atoms with E-state index in [1.165, 1.54) is 0 Å². The fourth-order valence-corrected chi connectivity index (χ4v) is 1.42. The monoisotopic (exact) mass is 183 g/mol. The summed E-state index contributed by atoms with van der Waals surface area (Å²) in [5.74, 6) is 0. The topological polar surface area (TPSA) is 52.9 Å². The largest absolute Gasteiger partial charge is 0.330 e. The maximum Gasteiger partial charge on any atom is 0.328 e. The summed E-state index contributed by atoms with van der Waals surface area (Å²) in [4.78, 5) is 11.6. The van der Waals surface area contributed by atoms with Crippen LogP contribution in [0.25, 0.3) is 0 Å². The Labute approximate surface area is 78.0 Å². The Morgan fingerprint density at radius 3 is 2.31 bits per heavy atom. The van der Waals surface area contributed by atoms with E-state index in [9.17, 15) is 4.79 Å². The van der Waals surface area contributed by atoms with Gasteiger partial charge in [-0.1, -0.05) is 0 Å². The maximum absolute atomic E-state index is 11.6. The average Bonchev–Trinajstić information content (AvgIpc) is 2.30. The minimum atomic E-state index is 0.0588. The van der Waals surface area contributed by atoms with E-state index in [4.69, 9.17) is 5.73 Å². The zero-order valence-corrected chi connectivity index (χ0v) is 8.50. The van der Waals surface area contributed by atoms with Gasteiger partial charge in [-0.15, -0.1) is 0 Å². The number of hydrogen-bond acceptors (Lipinski definition) is 2. The van der Waals surface area contributed by atoms with Crippen molar-refractivity contribution in [1.29, 1.82) is 0 Å². The van der Waals surface area contributed by atoms with E-state index in [0.29, 0.717) is 6.54 Å². The second kappa shape index (κ2) is 3.79. The van der Waals surface area contributed by atoms with E-state index in [-0.39, 0.29) is 5.69 Å². The van der Waals surface area contributed by atoms with Crippen molar-refractivity contribution in [3.05, 3.63) is 21.9 Å². The van der Waals surface area contributed by atoms with Gasteiger partial charge in [-0.2, -0.15) is 0 Å². The Hall–Kier alpha value is -1.03. The van der Waals surface area contributed by atoms with E-state index in [1.807, 2.05) is 13.8 Å². The molecule has 0 bridgehead atoms. The molecule has 0 amide bonds. The fraction of sp³-hybridized carbons (Fsp3) is 0.667. The molecule has 0 radical (unpaired) electrons. The van der Waals surface area contributed by atoms with Gasteiger partial charge in [0.25, 0.3) is 0 Å². The molecule has 0 aliphatic heterocycles. The molecule has 0 aliphatic carbocycles. The summed E-state index contributed by atoms with van der Waals surface area (Å²) in [6.07, 6.45) is 0.851. The summed E-state index contributed by atoms with van der Waals surface area (Å²) in [6.45, 7) is 5.27. The van der Waals surface area contributed by atoms with Crippen LogP contribution < -0.4 is 11.4 Å². The normalized spacial score (nSPS) is 10.8. The SMILES string of the molecule is Cc1c(C)n(CCCN)c(=O)n1C. The molecule has 0 saturated carbocycles. The molecule has 13 heavy (non-hydrogen) atoms. The van der Waals surface area contributed by atoms with Crippen LogP contribution in [-0.2, 0) is 13.6 Å². The highest BCUT2D eigenvalue weighted by Crippen LogP contribution is 2.03. The summed E-state index contributed by atoms with van der Waals surface area (Å²) in [6, 6.07) is 0. The van der Waals surface area contributed by atoms with Gasteiger partial charge in [0.2, 0.25) is 0 Å². The maximum atomic E-state index is 11.6. The van der Waals surface area contributed by atoms with Crippen LogP contribution >= 0.6 is 0 Å². The van der Waals surface area contributed by atoms with Crippen molar-refractivity contribution in [2.45, 2.75) is 26.8 Å². The lowest BCUT2D eigenvalue weighted by Gasteiger charge is -2.01. The van der Waals surface area contributed by atoms with Gasteiger partial charge in [0.1, 0.15) is 0 Å². The van der Waals surface area contributed by atoms with Crippen molar-refractivity contribution >= 4 is 0 Å². The number of nitrogens with zero attached hydrogens (tertiary/aromatic N) is 2. The summed E-state index contributed by atoms with van der Waals surface area (Å²) in [5.41, 5.74) is 7.53. The Morgan fingerprint density at radius 1 is 1.31 bits per heavy atom. The van der Waals surface area contributed by atoms with Crippen molar-refractivity contribution in [2.24, 2.45) is 12.8 Å². The molecule has 0 spiro atoms. The summed E-state index contributed by atoms with van der Waals surface area (Å²) >= 11 is 0. The van der Waals surface area contributed by atoms with Crippen LogP contribution in [0.5, 0.6) is 0 Å². The molecule has 0 saturated heterocycles. The molecule has 0 unspecified atom stereocenters. The standard InChI is InChI=1S/C9H17N3O/c1-7-8(2)12(6-4-5-10)9(13)11(7)3/h4-6,10H2,1-3H3. The average molecular weight is 183 g/mol. The highest BCUT2D eigenvalue weighted by molar-refractivity contribution is 5.10. The van der Waals surface area contributed by atoms with Gasteiger partial charge >= 0.3 is 5.69 Å². The molecule has 1 aromatic heterocycles. The predicted molar refractivity (Wildman–Crippen MR) is 52.8 cm³/mol. The van der Waals surface area contributed by atoms with E-state index in [2.05, 4.69) is 0 Å². The second-order valence-corrected chi connectivity index (χ2v) is 3.31. The Kier molecular flexibility index (Phi) is 2.93. The minimum absolute atomic E-state index is 0.0588. The van der Waals surface area contributed by atoms with Crippen LogP contribution in [-0.4, -0.2) is 15.7 Å². The van der Waals surface area contributed by atoms with Gasteiger partial charge in [-0.25, -0.2) is 4.79 Å². The van der Waals surface area contributed by atoms with E-state index in [0.717, 1.165) is 24.4 Å². The predicted octanol–water partition coefficient (Wildman–Crippen LogP) is 0.152. The third-order valence-corrected chi connectivity index (χ3v) is 2.54. The Balaban J connectivity index is 3.07. The number of aromatic nitrogens is 2. The van der Waals surface area contributed by atoms with Crippen LogP contribution in [0.1, 0.15) is 17.8 Å². The second-order valence-electron chi connectivity index (χ2n) is 3.31. The van der Waals surface area contributed by atoms with Crippen LogP contribution in [0, 0.1) is 13.8 Å². The van der Waals surface area contributed by atoms with Gasteiger partial charge in [-0.3, -0.25) is 9.13 Å². The molecule has 1 heterocycles. The first kappa shape index (κ1) is 10.1. The molecule has 0 aromatic carbocycles. The lowest BCUT2D eigenvalue weighted by Crippen LogP contribution is -2.24.